The molecule has 20 heteroatoms. The fourth-order valence-corrected chi connectivity index (χ4v) is 10.1. The zero-order valence-corrected chi connectivity index (χ0v) is 39.8. The highest BCUT2D eigenvalue weighted by Gasteiger charge is 2.77. The van der Waals surface area contributed by atoms with E-state index in [0.29, 0.717) is 22.3 Å². The van der Waals surface area contributed by atoms with Crippen molar-refractivity contribution in [3.8, 4) is 0 Å². The molecular formula is C51H63N3O17. The molecule has 2 bridgehead atoms. The number of aliphatic hydroxyl groups excluding tert-OH is 6. The first kappa shape index (κ1) is 52.1. The lowest BCUT2D eigenvalue weighted by Gasteiger charge is -2.49. The number of carbonyl (C=O) groups excluding carboxylic acids is 4. The fourth-order valence-electron chi connectivity index (χ4n) is 10.1. The predicted octanol–water partition coefficient (Wildman–Crippen LogP) is 0.466. The third-order valence-electron chi connectivity index (χ3n) is 13.5. The molecule has 1 saturated carbocycles. The third-order valence-corrected chi connectivity index (χ3v) is 13.5. The van der Waals surface area contributed by atoms with Gasteiger partial charge in [0.2, 0.25) is 17.6 Å². The molecule has 5 aliphatic rings. The van der Waals surface area contributed by atoms with Crippen LogP contribution in [-0.2, 0) is 64.8 Å². The lowest BCUT2D eigenvalue weighted by Crippen LogP contribution is -2.71. The Kier molecular flexibility index (Phi) is 15.8. The van der Waals surface area contributed by atoms with Gasteiger partial charge in [-0.1, -0.05) is 97.1 Å². The summed E-state index contributed by atoms with van der Waals surface area (Å²) >= 11 is 0. The number of nitrogens with one attached hydrogen (secondary N) is 2. The Morgan fingerprint density at radius 1 is 0.887 bits per heavy atom. The zero-order chi connectivity index (χ0) is 50.8. The van der Waals surface area contributed by atoms with Crippen LogP contribution >= 0.6 is 0 Å². The van der Waals surface area contributed by atoms with E-state index in [1.54, 1.807) is 57.2 Å². The van der Waals surface area contributed by atoms with Crippen molar-refractivity contribution < 1.29 is 83.1 Å². The van der Waals surface area contributed by atoms with Gasteiger partial charge in [0, 0.05) is 24.0 Å². The minimum absolute atomic E-state index is 0.00500. The Bertz CT molecular complexity index is 2340. The van der Waals surface area contributed by atoms with E-state index in [4.69, 9.17) is 33.3 Å². The molecule has 2 amide bonds. The van der Waals surface area contributed by atoms with Gasteiger partial charge in [-0.25, -0.2) is 0 Å². The fraction of sp³-hybridized carbons (Fsp3) is 0.529. The van der Waals surface area contributed by atoms with Gasteiger partial charge in [0.05, 0.1) is 38.5 Å². The first-order valence-corrected chi connectivity index (χ1v) is 23.8. The number of aliphatic hydroxyl groups is 6. The van der Waals surface area contributed by atoms with Gasteiger partial charge in [-0.3, -0.25) is 24.0 Å². The van der Waals surface area contributed by atoms with E-state index in [-0.39, 0.29) is 32.4 Å². The number of hydroxylamine groups is 2. The summed E-state index contributed by atoms with van der Waals surface area (Å²) in [6.45, 7) is 5.04. The number of rotatable bonds is 18. The largest absolute Gasteiger partial charge is 0.460 e. The van der Waals surface area contributed by atoms with Gasteiger partial charge < -0.3 is 69.7 Å². The summed E-state index contributed by atoms with van der Waals surface area (Å²) < 4.78 is 36.7. The Hall–Kier alpha value is -5.20. The number of hydrogen-bond donors (Lipinski definition) is 8. The van der Waals surface area contributed by atoms with Gasteiger partial charge in [-0.05, 0) is 45.2 Å². The molecule has 8 N–H and O–H groups in total. The zero-order valence-electron chi connectivity index (χ0n) is 39.8. The summed E-state index contributed by atoms with van der Waals surface area (Å²) in [5, 5.41) is 68.5. The highest BCUT2D eigenvalue weighted by Crippen LogP contribution is 2.59. The van der Waals surface area contributed by atoms with Crippen LogP contribution in [0, 0.1) is 5.41 Å². The van der Waals surface area contributed by atoms with Crippen molar-refractivity contribution in [3.63, 3.8) is 0 Å². The second-order valence-electron chi connectivity index (χ2n) is 19.6. The highest BCUT2D eigenvalue weighted by molar-refractivity contribution is 5.96. The van der Waals surface area contributed by atoms with Crippen LogP contribution in [0.25, 0.3) is 6.08 Å². The average molecular weight is 990 g/mol. The van der Waals surface area contributed by atoms with E-state index < -0.39 is 133 Å². The number of benzene rings is 3. The molecule has 14 unspecified atom stereocenters. The van der Waals surface area contributed by atoms with E-state index in [1.807, 2.05) is 60.7 Å². The molecule has 20 nitrogen and oxygen atoms in total. The van der Waals surface area contributed by atoms with Gasteiger partial charge in [0.25, 0.3) is 0 Å². The Labute approximate surface area is 410 Å². The smallest absolute Gasteiger partial charge is 0.327 e. The normalized spacial score (nSPS) is 31.3. The van der Waals surface area contributed by atoms with Gasteiger partial charge in [-0.15, -0.1) is 0 Å². The van der Waals surface area contributed by atoms with Crippen molar-refractivity contribution in [2.75, 3.05) is 19.8 Å². The molecule has 0 aromatic heterocycles. The van der Waals surface area contributed by atoms with Crippen LogP contribution in [0.5, 0.6) is 0 Å². The van der Waals surface area contributed by atoms with Crippen LogP contribution in [0.2, 0.25) is 0 Å². The van der Waals surface area contributed by atoms with Gasteiger partial charge in [0.1, 0.15) is 65.9 Å². The summed E-state index contributed by atoms with van der Waals surface area (Å²) in [6.07, 6.45) is -10.1. The lowest BCUT2D eigenvalue weighted by molar-refractivity contribution is -0.298. The first-order chi connectivity index (χ1) is 33.9. The molecule has 71 heavy (non-hydrogen) atoms. The van der Waals surface area contributed by atoms with Crippen molar-refractivity contribution in [1.82, 2.24) is 15.7 Å². The van der Waals surface area contributed by atoms with Crippen LogP contribution < -0.4 is 10.6 Å². The molecule has 1 aliphatic carbocycles. The second kappa shape index (κ2) is 21.5. The van der Waals surface area contributed by atoms with Gasteiger partial charge in [0.15, 0.2) is 12.3 Å². The summed E-state index contributed by atoms with van der Waals surface area (Å²) in [6, 6.07) is 21.5. The Morgan fingerprint density at radius 2 is 1.54 bits per heavy atom. The molecule has 14 atom stereocenters. The predicted molar refractivity (Wildman–Crippen MR) is 247 cm³/mol. The average Bonchev–Trinajstić information content (AvgIpc) is 3.93. The van der Waals surface area contributed by atoms with E-state index in [1.165, 1.54) is 12.0 Å². The number of ether oxygens (including phenoxy) is 6. The SMILES string of the molecule is CC(O)C(NC(=O)C12CC3OC(=O)C1N(Cc1ccccc1C=CCOC1OC(CO)C(O)C(O)C1O)OC2C1OC(c2ccccc2)(c2ccccc2)OC31)C(=O)NC(CO)CCC(=O)OC(C)(C)C. The molecule has 4 aliphatic heterocycles. The monoisotopic (exact) mass is 989 g/mol. The molecule has 0 spiro atoms. The number of amides is 2. The molecule has 4 heterocycles. The lowest BCUT2D eigenvalue weighted by atomic mass is 9.62. The summed E-state index contributed by atoms with van der Waals surface area (Å²) in [4.78, 5) is 63.4. The molecule has 3 aromatic carbocycles. The standard InChI is InChI=1S/C51H63N3O17/c1-28(57)37(45(62)52-33(26-55)21-22-36(58)68-49(2,3)4)53-48(64)50-24-34-41-42(70-51(69-41,31-17-7-5-8-18-31)32-19-9-6-10-20-32)44(50)71-54(43(50)46(63)66-34)25-30-15-12-11-14-29(30)16-13-23-65-47-40(61)39(60)38(59)35(27-56)67-47/h5-20,28,33-35,37-44,47,55-57,59-61H,21-27H2,1-4H3,(H,52,62)(H,53,64). The van der Waals surface area contributed by atoms with Gasteiger partial charge in [-0.2, -0.15) is 5.06 Å². The summed E-state index contributed by atoms with van der Waals surface area (Å²) in [5.74, 6) is -4.57. The minimum atomic E-state index is -1.82. The number of carbonyl (C=O) groups is 4. The maximum absolute atomic E-state index is 15.4. The maximum Gasteiger partial charge on any atom is 0.327 e. The summed E-state index contributed by atoms with van der Waals surface area (Å²) in [7, 11) is 0. The molecule has 4 saturated heterocycles. The molecule has 384 valence electrons. The van der Waals surface area contributed by atoms with Crippen molar-refractivity contribution in [1.29, 1.82) is 0 Å². The molecule has 5 fully saturated rings. The Balaban J connectivity index is 1.10. The minimum Gasteiger partial charge on any atom is -0.460 e. The van der Waals surface area contributed by atoms with E-state index in [0.717, 1.165) is 0 Å². The number of fused-ring (bicyclic) bond motifs is 4. The van der Waals surface area contributed by atoms with Crippen molar-refractivity contribution in [2.45, 2.75) is 144 Å². The van der Waals surface area contributed by atoms with E-state index >= 15 is 4.79 Å². The Morgan fingerprint density at radius 3 is 2.17 bits per heavy atom. The van der Waals surface area contributed by atoms with Crippen LogP contribution in [-0.4, -0.2) is 164 Å². The summed E-state index contributed by atoms with van der Waals surface area (Å²) in [5.41, 5.74) is -0.0792. The first-order valence-electron chi connectivity index (χ1n) is 23.8. The maximum atomic E-state index is 15.4. The van der Waals surface area contributed by atoms with Gasteiger partial charge >= 0.3 is 11.9 Å². The molecule has 0 radical (unpaired) electrons. The number of hydrogen-bond acceptors (Lipinski definition) is 18. The molecule has 8 rings (SSSR count). The van der Waals surface area contributed by atoms with Crippen molar-refractivity contribution >= 4 is 29.8 Å². The van der Waals surface area contributed by atoms with Crippen LogP contribution in [0.1, 0.15) is 69.2 Å². The van der Waals surface area contributed by atoms with Crippen LogP contribution in [0.15, 0.2) is 91.0 Å². The van der Waals surface area contributed by atoms with E-state index in [2.05, 4.69) is 10.6 Å². The van der Waals surface area contributed by atoms with Crippen LogP contribution in [0.3, 0.4) is 0 Å². The second-order valence-corrected chi connectivity index (χ2v) is 19.6. The van der Waals surface area contributed by atoms with E-state index in [9.17, 15) is 45.0 Å². The molecule has 3 aromatic rings. The van der Waals surface area contributed by atoms with Crippen molar-refractivity contribution in [2.24, 2.45) is 5.41 Å². The topological polar surface area (TPSA) is 282 Å². The van der Waals surface area contributed by atoms with Crippen molar-refractivity contribution in [3.05, 3.63) is 113 Å². The molecular weight excluding hydrogens is 927 g/mol. The number of esters is 2. The number of nitrogens with zero attached hydrogens (tertiary/aromatic N) is 1. The highest BCUT2D eigenvalue weighted by atomic mass is 16.8. The quantitative estimate of drug-likeness (QED) is 0.0804. The van der Waals surface area contributed by atoms with Crippen LogP contribution in [0.4, 0.5) is 0 Å². The third kappa shape index (κ3) is 10.5.